The Balaban J connectivity index is 1.90. The van der Waals surface area contributed by atoms with Crippen molar-refractivity contribution >= 4 is 11.7 Å². The molecule has 1 unspecified atom stereocenters. The summed E-state index contributed by atoms with van der Waals surface area (Å²) in [5.74, 6) is -0.935. The lowest BCUT2D eigenvalue weighted by atomic mass is 9.95. The predicted molar refractivity (Wildman–Crippen MR) is 93.4 cm³/mol. The number of methoxy groups -OCH3 is 1. The number of piperazine rings is 1. The Hall–Kier alpha value is -2.69. The molecule has 8 heteroatoms. The van der Waals surface area contributed by atoms with Crippen LogP contribution in [0.4, 0.5) is 10.2 Å². The average molecular weight is 359 g/mol. The number of amides is 1. The smallest absolute Gasteiger partial charge is 0.318 e. The van der Waals surface area contributed by atoms with Gasteiger partial charge in [0, 0.05) is 25.2 Å². The van der Waals surface area contributed by atoms with Crippen molar-refractivity contribution in [3.63, 3.8) is 0 Å². The van der Waals surface area contributed by atoms with Crippen LogP contribution in [0, 0.1) is 11.3 Å². The molecule has 0 saturated carbocycles. The minimum atomic E-state index is -0.998. The summed E-state index contributed by atoms with van der Waals surface area (Å²) >= 11 is 0. The molecule has 1 aromatic rings. The molecule has 0 spiro atoms. The maximum Gasteiger partial charge on any atom is 0.318 e. The SMILES string of the molecule is C=C(F)C(=O)N1CCN(c2nc(OC)nc3c2CCCC3)CC1CC#N. The first-order chi connectivity index (χ1) is 12.5. The van der Waals surface area contributed by atoms with E-state index in [4.69, 9.17) is 10.00 Å². The standard InChI is InChI=1S/C18H22FN5O2/c1-12(19)17(25)24-10-9-23(11-13(24)7-8-20)16-14-5-3-4-6-15(14)21-18(22-16)26-2/h13H,1,3-7,9-11H2,2H3. The van der Waals surface area contributed by atoms with Crippen LogP contribution in [-0.2, 0) is 17.6 Å². The zero-order valence-corrected chi connectivity index (χ0v) is 14.9. The van der Waals surface area contributed by atoms with Gasteiger partial charge in [0.25, 0.3) is 5.91 Å². The van der Waals surface area contributed by atoms with E-state index in [1.807, 2.05) is 0 Å². The van der Waals surface area contributed by atoms with E-state index in [0.717, 1.165) is 42.8 Å². The molecule has 1 atom stereocenters. The molecule has 1 saturated heterocycles. The Morgan fingerprint density at radius 2 is 2.15 bits per heavy atom. The van der Waals surface area contributed by atoms with Crippen molar-refractivity contribution in [1.82, 2.24) is 14.9 Å². The van der Waals surface area contributed by atoms with Crippen LogP contribution >= 0.6 is 0 Å². The summed E-state index contributed by atoms with van der Waals surface area (Å²) in [6, 6.07) is 2.01. The van der Waals surface area contributed by atoms with Crippen molar-refractivity contribution < 1.29 is 13.9 Å². The molecule has 1 aromatic heterocycles. The van der Waals surface area contributed by atoms with Crippen LogP contribution in [0.5, 0.6) is 6.01 Å². The molecular weight excluding hydrogens is 337 g/mol. The van der Waals surface area contributed by atoms with Gasteiger partial charge in [-0.15, -0.1) is 0 Å². The predicted octanol–water partition coefficient (Wildman–Crippen LogP) is 1.78. The van der Waals surface area contributed by atoms with Crippen molar-refractivity contribution in [1.29, 1.82) is 5.26 Å². The van der Waals surface area contributed by atoms with Gasteiger partial charge in [-0.2, -0.15) is 15.2 Å². The van der Waals surface area contributed by atoms with E-state index in [-0.39, 0.29) is 6.42 Å². The zero-order chi connectivity index (χ0) is 18.7. The molecule has 3 rings (SSSR count). The third-order valence-corrected chi connectivity index (χ3v) is 4.93. The number of ether oxygens (including phenoxy) is 1. The van der Waals surface area contributed by atoms with E-state index in [1.165, 1.54) is 12.0 Å². The van der Waals surface area contributed by atoms with Gasteiger partial charge in [0.05, 0.1) is 31.3 Å². The number of hydrogen-bond donors (Lipinski definition) is 0. The van der Waals surface area contributed by atoms with Gasteiger partial charge in [-0.1, -0.05) is 6.58 Å². The highest BCUT2D eigenvalue weighted by molar-refractivity contribution is 5.91. The summed E-state index contributed by atoms with van der Waals surface area (Å²) in [5.41, 5.74) is 2.12. The molecule has 138 valence electrons. The summed E-state index contributed by atoms with van der Waals surface area (Å²) < 4.78 is 18.6. The Kier molecular flexibility index (Phi) is 5.35. The third-order valence-electron chi connectivity index (χ3n) is 4.93. The van der Waals surface area contributed by atoms with Crippen molar-refractivity contribution in [3.05, 3.63) is 23.7 Å². The Morgan fingerprint density at radius 3 is 2.85 bits per heavy atom. The normalized spacial score (nSPS) is 19.5. The molecular formula is C18H22FN5O2. The molecule has 1 aliphatic carbocycles. The molecule has 26 heavy (non-hydrogen) atoms. The minimum absolute atomic E-state index is 0.125. The molecule has 0 N–H and O–H groups in total. The van der Waals surface area contributed by atoms with Gasteiger partial charge in [0.1, 0.15) is 5.82 Å². The van der Waals surface area contributed by atoms with Crippen LogP contribution in [-0.4, -0.2) is 53.6 Å². The van der Waals surface area contributed by atoms with Crippen molar-refractivity contribution in [2.75, 3.05) is 31.6 Å². The second-order valence-corrected chi connectivity index (χ2v) is 6.53. The van der Waals surface area contributed by atoms with E-state index >= 15 is 0 Å². The topological polar surface area (TPSA) is 82.3 Å². The number of carbonyl (C=O) groups excluding carboxylic acids is 1. The van der Waals surface area contributed by atoms with E-state index < -0.39 is 17.8 Å². The first kappa shape index (κ1) is 18.1. The molecule has 1 amide bonds. The number of aromatic nitrogens is 2. The van der Waals surface area contributed by atoms with E-state index in [0.29, 0.717) is 25.6 Å². The Bertz CT molecular complexity index is 761. The number of aryl methyl sites for hydroxylation is 1. The average Bonchev–Trinajstić information content (AvgIpc) is 2.66. The fourth-order valence-electron chi connectivity index (χ4n) is 3.66. The third kappa shape index (κ3) is 3.47. The maximum absolute atomic E-state index is 13.3. The molecule has 7 nitrogen and oxygen atoms in total. The second-order valence-electron chi connectivity index (χ2n) is 6.53. The second kappa shape index (κ2) is 7.68. The lowest BCUT2D eigenvalue weighted by molar-refractivity contribution is -0.131. The lowest BCUT2D eigenvalue weighted by Gasteiger charge is -2.41. The molecule has 2 aliphatic rings. The highest BCUT2D eigenvalue weighted by Crippen LogP contribution is 2.31. The minimum Gasteiger partial charge on any atom is -0.467 e. The van der Waals surface area contributed by atoms with E-state index in [9.17, 15) is 9.18 Å². The van der Waals surface area contributed by atoms with Gasteiger partial charge < -0.3 is 14.5 Å². The number of nitriles is 1. The van der Waals surface area contributed by atoms with Crippen LogP contribution in [0.25, 0.3) is 0 Å². The van der Waals surface area contributed by atoms with Crippen molar-refractivity contribution in [2.24, 2.45) is 0 Å². The van der Waals surface area contributed by atoms with E-state index in [2.05, 4.69) is 27.5 Å². The lowest BCUT2D eigenvalue weighted by Crippen LogP contribution is -2.55. The fraction of sp³-hybridized carbons (Fsp3) is 0.556. The molecule has 0 bridgehead atoms. The van der Waals surface area contributed by atoms with Crippen molar-refractivity contribution in [3.8, 4) is 12.1 Å². The van der Waals surface area contributed by atoms with Crippen molar-refractivity contribution in [2.45, 2.75) is 38.1 Å². The van der Waals surface area contributed by atoms with Crippen LogP contribution in [0.2, 0.25) is 0 Å². The number of carbonyl (C=O) groups is 1. The van der Waals surface area contributed by atoms with E-state index in [1.54, 1.807) is 0 Å². The Labute approximate surface area is 152 Å². The highest BCUT2D eigenvalue weighted by Gasteiger charge is 2.34. The molecule has 2 heterocycles. The van der Waals surface area contributed by atoms with Crippen LogP contribution < -0.4 is 9.64 Å². The van der Waals surface area contributed by atoms with Crippen LogP contribution in [0.15, 0.2) is 12.4 Å². The summed E-state index contributed by atoms with van der Waals surface area (Å²) in [6.45, 7) is 4.33. The zero-order valence-electron chi connectivity index (χ0n) is 14.9. The first-order valence-corrected chi connectivity index (χ1v) is 8.76. The largest absolute Gasteiger partial charge is 0.467 e. The van der Waals surface area contributed by atoms with Gasteiger partial charge >= 0.3 is 6.01 Å². The van der Waals surface area contributed by atoms with Gasteiger partial charge in [-0.05, 0) is 25.7 Å². The number of halogens is 1. The van der Waals surface area contributed by atoms with Crippen LogP contribution in [0.1, 0.15) is 30.5 Å². The van der Waals surface area contributed by atoms with Gasteiger partial charge in [-0.3, -0.25) is 4.79 Å². The summed E-state index contributed by atoms with van der Waals surface area (Å²) in [4.78, 5) is 24.5. The van der Waals surface area contributed by atoms with Crippen LogP contribution in [0.3, 0.4) is 0 Å². The number of anilines is 1. The quantitative estimate of drug-likeness (QED) is 0.762. The molecule has 1 fully saturated rings. The molecule has 1 aliphatic heterocycles. The summed E-state index contributed by atoms with van der Waals surface area (Å²) in [7, 11) is 1.54. The summed E-state index contributed by atoms with van der Waals surface area (Å²) in [5, 5.41) is 9.12. The first-order valence-electron chi connectivity index (χ1n) is 8.76. The number of fused-ring (bicyclic) bond motifs is 1. The van der Waals surface area contributed by atoms with Gasteiger partial charge in [-0.25, -0.2) is 4.39 Å². The number of rotatable bonds is 4. The maximum atomic E-state index is 13.3. The number of hydrogen-bond acceptors (Lipinski definition) is 6. The summed E-state index contributed by atoms with van der Waals surface area (Å²) in [6.07, 6.45) is 4.09. The number of nitrogens with zero attached hydrogens (tertiary/aromatic N) is 5. The molecule has 0 aromatic carbocycles. The monoisotopic (exact) mass is 359 g/mol. The van der Waals surface area contributed by atoms with Gasteiger partial charge in [0.2, 0.25) is 0 Å². The Morgan fingerprint density at radius 1 is 1.38 bits per heavy atom. The molecule has 0 radical (unpaired) electrons. The fourth-order valence-corrected chi connectivity index (χ4v) is 3.66. The van der Waals surface area contributed by atoms with Gasteiger partial charge in [0.15, 0.2) is 5.83 Å². The highest BCUT2D eigenvalue weighted by atomic mass is 19.1.